The van der Waals surface area contributed by atoms with Crippen LogP contribution in [0.5, 0.6) is 5.75 Å². The van der Waals surface area contributed by atoms with Crippen LogP contribution < -0.4 is 10.3 Å². The van der Waals surface area contributed by atoms with Gasteiger partial charge in [0.05, 0.1) is 23.5 Å². The van der Waals surface area contributed by atoms with Gasteiger partial charge < -0.3 is 18.8 Å². The molecule has 4 rings (SSSR count). The highest BCUT2D eigenvalue weighted by Crippen LogP contribution is 2.38. The van der Waals surface area contributed by atoms with Crippen LogP contribution in [0.1, 0.15) is 39.7 Å². The van der Waals surface area contributed by atoms with E-state index in [0.29, 0.717) is 28.3 Å². The number of carboxylic acids is 1. The molecule has 28 heavy (non-hydrogen) atoms. The molecule has 142 valence electrons. The van der Waals surface area contributed by atoms with Crippen LogP contribution in [0.25, 0.3) is 11.3 Å². The number of aryl methyl sites for hydroxylation is 1. The van der Waals surface area contributed by atoms with E-state index >= 15 is 0 Å². The van der Waals surface area contributed by atoms with Crippen molar-refractivity contribution in [3.63, 3.8) is 0 Å². The zero-order valence-electron chi connectivity index (χ0n) is 15.3. The van der Waals surface area contributed by atoms with Crippen molar-refractivity contribution in [3.05, 3.63) is 75.4 Å². The topological polar surface area (TPSA) is 98.7 Å². The molecule has 7 nitrogen and oxygen atoms in total. The third-order valence-electron chi connectivity index (χ3n) is 5.00. The molecule has 1 aliphatic heterocycles. The predicted octanol–water partition coefficient (Wildman–Crippen LogP) is 3.09. The van der Waals surface area contributed by atoms with Gasteiger partial charge in [0.15, 0.2) is 0 Å². The zero-order chi connectivity index (χ0) is 20.0. The number of furan rings is 1. The summed E-state index contributed by atoms with van der Waals surface area (Å²) in [6.07, 6.45) is 0.0101. The number of pyridine rings is 1. The number of aromatic carboxylic acids is 1. The number of aromatic nitrogens is 1. The number of nitrogens with zero attached hydrogens (tertiary/aromatic N) is 1. The lowest BCUT2D eigenvalue weighted by Gasteiger charge is -2.23. The maximum Gasteiger partial charge on any atom is 0.335 e. The molecular weight excluding hydrogens is 362 g/mol. The van der Waals surface area contributed by atoms with E-state index in [0.717, 1.165) is 0 Å². The normalized spacial score (nSPS) is 15.8. The van der Waals surface area contributed by atoms with Gasteiger partial charge in [0, 0.05) is 24.4 Å². The maximum atomic E-state index is 12.8. The second-order valence-corrected chi connectivity index (χ2v) is 6.74. The summed E-state index contributed by atoms with van der Waals surface area (Å²) in [5.41, 5.74) is 1.74. The summed E-state index contributed by atoms with van der Waals surface area (Å²) in [7, 11) is 1.67. The van der Waals surface area contributed by atoms with Crippen molar-refractivity contribution in [1.29, 1.82) is 0 Å². The molecule has 3 aromatic rings. The van der Waals surface area contributed by atoms with Crippen molar-refractivity contribution >= 4 is 11.9 Å². The molecule has 1 atom stereocenters. The first-order valence-electron chi connectivity index (χ1n) is 8.70. The first kappa shape index (κ1) is 17.8. The number of carbonyl (C=O) groups excluding carboxylic acids is 1. The van der Waals surface area contributed by atoms with Gasteiger partial charge in [-0.05, 0) is 31.2 Å². The van der Waals surface area contributed by atoms with E-state index in [1.54, 1.807) is 44.3 Å². The van der Waals surface area contributed by atoms with Gasteiger partial charge in [-0.25, -0.2) is 4.79 Å². The van der Waals surface area contributed by atoms with Crippen LogP contribution in [-0.4, -0.2) is 21.6 Å². The minimum atomic E-state index is -1.00. The van der Waals surface area contributed by atoms with Crippen LogP contribution in [0.2, 0.25) is 0 Å². The van der Waals surface area contributed by atoms with Crippen LogP contribution in [-0.2, 0) is 11.8 Å². The Kier molecular flexibility index (Phi) is 4.15. The fraction of sp³-hybridized carbons (Fsp3) is 0.190. The van der Waals surface area contributed by atoms with E-state index in [1.165, 1.54) is 16.7 Å². The Bertz CT molecular complexity index is 1150. The number of benzene rings is 1. The Hall–Kier alpha value is -3.61. The number of hydrogen-bond donors (Lipinski definition) is 1. The van der Waals surface area contributed by atoms with E-state index in [9.17, 15) is 14.4 Å². The second-order valence-electron chi connectivity index (χ2n) is 6.74. The fourth-order valence-electron chi connectivity index (χ4n) is 3.36. The van der Waals surface area contributed by atoms with Crippen LogP contribution in [0, 0.1) is 6.92 Å². The average molecular weight is 379 g/mol. The van der Waals surface area contributed by atoms with Gasteiger partial charge in [0.25, 0.3) is 5.56 Å². The van der Waals surface area contributed by atoms with Crippen molar-refractivity contribution in [1.82, 2.24) is 4.57 Å². The molecule has 1 aliphatic rings. The molecule has 0 spiro atoms. The van der Waals surface area contributed by atoms with Crippen molar-refractivity contribution in [3.8, 4) is 17.1 Å². The van der Waals surface area contributed by atoms with E-state index in [1.807, 2.05) is 0 Å². The molecular formula is C21H17NO6. The van der Waals surface area contributed by atoms with Crippen LogP contribution in [0.4, 0.5) is 0 Å². The number of carboxylic acid groups (broad SMARTS) is 1. The number of rotatable bonds is 3. The first-order valence-corrected chi connectivity index (χ1v) is 8.70. The number of ether oxygens (including phenoxy) is 1. The summed E-state index contributed by atoms with van der Waals surface area (Å²) >= 11 is 0. The molecule has 0 bridgehead atoms. The largest absolute Gasteiger partial charge is 0.478 e. The molecule has 0 fully saturated rings. The van der Waals surface area contributed by atoms with E-state index in [4.69, 9.17) is 14.3 Å². The summed E-state index contributed by atoms with van der Waals surface area (Å²) in [6, 6.07) is 11.4. The lowest BCUT2D eigenvalue weighted by atomic mass is 9.91. The molecule has 1 aromatic carbocycles. The SMILES string of the molecule is Cc1cc2c(c(=O)n1C)[C@H](c1ccc(-c3ccc(C(=O)O)cc3)o1)CC(=O)O2. The molecule has 0 amide bonds. The number of hydrogen-bond acceptors (Lipinski definition) is 5. The van der Waals surface area contributed by atoms with Crippen molar-refractivity contribution in [2.45, 2.75) is 19.3 Å². The van der Waals surface area contributed by atoms with E-state index in [2.05, 4.69) is 0 Å². The smallest absolute Gasteiger partial charge is 0.335 e. The standard InChI is InChI=1S/C21H17NO6/c1-11-9-17-19(20(24)22(11)2)14(10-18(23)28-17)16-8-7-15(27-16)12-3-5-13(6-4-12)21(25)26/h3-9,14H,10H2,1-2H3,(H,25,26)/t14-/m0/s1. The molecule has 3 heterocycles. The Balaban J connectivity index is 1.76. The van der Waals surface area contributed by atoms with Gasteiger partial charge in [-0.3, -0.25) is 9.59 Å². The van der Waals surface area contributed by atoms with Crippen molar-refractivity contribution in [2.75, 3.05) is 0 Å². The molecule has 0 saturated heterocycles. The van der Waals surface area contributed by atoms with Crippen LogP contribution in [0.15, 0.2) is 51.7 Å². The van der Waals surface area contributed by atoms with Gasteiger partial charge in [-0.15, -0.1) is 0 Å². The van der Waals surface area contributed by atoms with Crippen LogP contribution >= 0.6 is 0 Å². The number of esters is 1. The third kappa shape index (κ3) is 2.90. The Labute approximate surface area is 159 Å². The molecule has 0 radical (unpaired) electrons. The van der Waals surface area contributed by atoms with Crippen LogP contribution in [0.3, 0.4) is 0 Å². The molecule has 0 saturated carbocycles. The zero-order valence-corrected chi connectivity index (χ0v) is 15.3. The molecule has 7 heteroatoms. The lowest BCUT2D eigenvalue weighted by molar-refractivity contribution is -0.135. The highest BCUT2D eigenvalue weighted by molar-refractivity contribution is 5.88. The van der Waals surface area contributed by atoms with Gasteiger partial charge in [0.1, 0.15) is 17.3 Å². The minimum absolute atomic E-state index is 0.0101. The average Bonchev–Trinajstić information content (AvgIpc) is 3.15. The maximum absolute atomic E-state index is 12.8. The van der Waals surface area contributed by atoms with Gasteiger partial charge in [0.2, 0.25) is 0 Å². The molecule has 1 N–H and O–H groups in total. The number of carbonyl (C=O) groups is 2. The molecule has 2 aromatic heterocycles. The van der Waals surface area contributed by atoms with Crippen molar-refractivity contribution < 1.29 is 23.8 Å². The van der Waals surface area contributed by atoms with Gasteiger partial charge in [-0.1, -0.05) is 12.1 Å². The second kappa shape index (κ2) is 6.53. The Morgan fingerprint density at radius 2 is 1.86 bits per heavy atom. The summed E-state index contributed by atoms with van der Waals surface area (Å²) in [5.74, 6) is -0.690. The highest BCUT2D eigenvalue weighted by Gasteiger charge is 2.34. The van der Waals surface area contributed by atoms with Gasteiger partial charge in [-0.2, -0.15) is 0 Å². The van der Waals surface area contributed by atoms with E-state index < -0.39 is 17.9 Å². The highest BCUT2D eigenvalue weighted by atomic mass is 16.5. The Morgan fingerprint density at radius 1 is 1.14 bits per heavy atom. The summed E-state index contributed by atoms with van der Waals surface area (Å²) < 4.78 is 12.7. The third-order valence-corrected chi connectivity index (χ3v) is 5.00. The molecule has 0 aliphatic carbocycles. The lowest BCUT2D eigenvalue weighted by Crippen LogP contribution is -2.31. The van der Waals surface area contributed by atoms with E-state index in [-0.39, 0.29) is 23.3 Å². The minimum Gasteiger partial charge on any atom is -0.478 e. The van der Waals surface area contributed by atoms with Gasteiger partial charge >= 0.3 is 11.9 Å². The van der Waals surface area contributed by atoms with Crippen molar-refractivity contribution in [2.24, 2.45) is 7.05 Å². The number of fused-ring (bicyclic) bond motifs is 1. The first-order chi connectivity index (χ1) is 13.3. The summed E-state index contributed by atoms with van der Waals surface area (Å²) in [5, 5.41) is 9.01. The summed E-state index contributed by atoms with van der Waals surface area (Å²) in [6.45, 7) is 1.77. The quantitative estimate of drug-likeness (QED) is 0.702. The monoisotopic (exact) mass is 379 g/mol. The molecule has 0 unspecified atom stereocenters. The Morgan fingerprint density at radius 3 is 2.54 bits per heavy atom. The summed E-state index contributed by atoms with van der Waals surface area (Å²) in [4.78, 5) is 35.8. The predicted molar refractivity (Wildman–Crippen MR) is 99.6 cm³/mol. The fourth-order valence-corrected chi connectivity index (χ4v) is 3.36.